The van der Waals surface area contributed by atoms with Crippen molar-refractivity contribution < 1.29 is 17.5 Å². The lowest BCUT2D eigenvalue weighted by atomic mass is 10.1. The van der Waals surface area contributed by atoms with E-state index in [4.69, 9.17) is 4.74 Å². The number of nitrogens with zero attached hydrogens (tertiary/aromatic N) is 1. The van der Waals surface area contributed by atoms with E-state index in [1.54, 1.807) is 57.4 Å². The van der Waals surface area contributed by atoms with Crippen LogP contribution in [0.15, 0.2) is 77.7 Å². The Bertz CT molecular complexity index is 1050. The van der Waals surface area contributed by atoms with Crippen LogP contribution < -0.4 is 9.04 Å². The summed E-state index contributed by atoms with van der Waals surface area (Å²) in [7, 11) is -2.43. The van der Waals surface area contributed by atoms with Crippen LogP contribution >= 0.6 is 0 Å². The minimum Gasteiger partial charge on any atom is -0.497 e. The van der Waals surface area contributed by atoms with E-state index in [1.165, 1.54) is 16.4 Å². The van der Waals surface area contributed by atoms with Crippen LogP contribution in [0.25, 0.3) is 0 Å². The summed E-state index contributed by atoms with van der Waals surface area (Å²) in [6.45, 7) is 3.47. The molecule has 0 radical (unpaired) electrons. The van der Waals surface area contributed by atoms with Crippen LogP contribution in [0.1, 0.15) is 24.1 Å². The fraction of sp³-hybridized carbons (Fsp3) is 0.182. The largest absolute Gasteiger partial charge is 0.497 e. The molecule has 0 N–H and O–H groups in total. The molecule has 3 aromatic carbocycles. The first kappa shape index (κ1) is 19.9. The van der Waals surface area contributed by atoms with E-state index in [0.29, 0.717) is 17.0 Å². The number of sulfonamides is 1. The van der Waals surface area contributed by atoms with E-state index in [-0.39, 0.29) is 4.90 Å². The summed E-state index contributed by atoms with van der Waals surface area (Å²) < 4.78 is 47.5. The standard InChI is InChI=1S/C22H22FNO3S/c1-16-9-12-19(23)15-22(16)28(25,26)24(20-7-5-4-6-8-20)17(2)18-10-13-21(27-3)14-11-18/h4-15,17H,1-3H3/t17-/m1/s1. The molecule has 0 fully saturated rings. The fourth-order valence-electron chi connectivity index (χ4n) is 3.12. The molecule has 0 aliphatic rings. The van der Waals surface area contributed by atoms with Crippen LogP contribution in [0.5, 0.6) is 5.75 Å². The van der Waals surface area contributed by atoms with Gasteiger partial charge in [0, 0.05) is 0 Å². The zero-order valence-corrected chi connectivity index (χ0v) is 16.8. The Balaban J connectivity index is 2.15. The first-order chi connectivity index (χ1) is 13.3. The second-order valence-electron chi connectivity index (χ2n) is 6.50. The van der Waals surface area contributed by atoms with Crippen molar-refractivity contribution in [3.8, 4) is 5.75 Å². The van der Waals surface area contributed by atoms with E-state index in [1.807, 2.05) is 18.2 Å². The molecule has 0 spiro atoms. The Morgan fingerprint density at radius 3 is 2.21 bits per heavy atom. The maximum absolute atomic E-state index is 13.9. The van der Waals surface area contributed by atoms with Crippen molar-refractivity contribution >= 4 is 15.7 Å². The predicted octanol–water partition coefficient (Wildman–Crippen LogP) is 5.10. The molecule has 0 aliphatic heterocycles. The van der Waals surface area contributed by atoms with Gasteiger partial charge in [-0.1, -0.05) is 36.4 Å². The third-order valence-electron chi connectivity index (χ3n) is 4.65. The van der Waals surface area contributed by atoms with Crippen molar-refractivity contribution in [1.82, 2.24) is 0 Å². The van der Waals surface area contributed by atoms with Crippen LogP contribution in [0, 0.1) is 12.7 Å². The highest BCUT2D eigenvalue weighted by molar-refractivity contribution is 7.92. The lowest BCUT2D eigenvalue weighted by Gasteiger charge is -2.31. The molecule has 0 unspecified atom stereocenters. The monoisotopic (exact) mass is 399 g/mol. The topological polar surface area (TPSA) is 46.6 Å². The molecule has 3 aromatic rings. The molecule has 4 nitrogen and oxygen atoms in total. The number of hydrogen-bond acceptors (Lipinski definition) is 3. The highest BCUT2D eigenvalue weighted by Gasteiger charge is 2.31. The zero-order chi connectivity index (χ0) is 20.3. The van der Waals surface area contributed by atoms with Gasteiger partial charge in [-0.05, 0) is 61.4 Å². The molecule has 0 bridgehead atoms. The summed E-state index contributed by atoms with van der Waals surface area (Å²) in [6.07, 6.45) is 0. The van der Waals surface area contributed by atoms with Crippen LogP contribution in [0.4, 0.5) is 10.1 Å². The molecule has 0 saturated heterocycles. The quantitative estimate of drug-likeness (QED) is 0.579. The van der Waals surface area contributed by atoms with Gasteiger partial charge in [0.05, 0.1) is 23.7 Å². The first-order valence-electron chi connectivity index (χ1n) is 8.84. The summed E-state index contributed by atoms with van der Waals surface area (Å²) in [4.78, 5) is -0.0447. The van der Waals surface area contributed by atoms with E-state index in [9.17, 15) is 12.8 Å². The minimum atomic E-state index is -4.01. The fourth-order valence-corrected chi connectivity index (χ4v) is 5.01. The maximum Gasteiger partial charge on any atom is 0.265 e. The van der Waals surface area contributed by atoms with Gasteiger partial charge in [-0.25, -0.2) is 12.8 Å². The lowest BCUT2D eigenvalue weighted by Crippen LogP contribution is -2.34. The van der Waals surface area contributed by atoms with Crippen LogP contribution in [0.3, 0.4) is 0 Å². The Morgan fingerprint density at radius 2 is 1.61 bits per heavy atom. The molecule has 28 heavy (non-hydrogen) atoms. The molecule has 0 aliphatic carbocycles. The average molecular weight is 399 g/mol. The van der Waals surface area contributed by atoms with E-state index < -0.39 is 21.9 Å². The predicted molar refractivity (Wildman–Crippen MR) is 109 cm³/mol. The van der Waals surface area contributed by atoms with Gasteiger partial charge in [-0.2, -0.15) is 0 Å². The van der Waals surface area contributed by atoms with Crippen molar-refractivity contribution in [2.45, 2.75) is 24.8 Å². The molecule has 0 saturated carbocycles. The van der Waals surface area contributed by atoms with Crippen LogP contribution in [-0.4, -0.2) is 15.5 Å². The smallest absolute Gasteiger partial charge is 0.265 e. The van der Waals surface area contributed by atoms with E-state index in [0.717, 1.165) is 11.6 Å². The van der Waals surface area contributed by atoms with Gasteiger partial charge in [-0.15, -0.1) is 0 Å². The van der Waals surface area contributed by atoms with Gasteiger partial charge < -0.3 is 4.74 Å². The molecule has 1 atom stereocenters. The van der Waals surface area contributed by atoms with Crippen molar-refractivity contribution in [1.29, 1.82) is 0 Å². The maximum atomic E-state index is 13.9. The van der Waals surface area contributed by atoms with E-state index >= 15 is 0 Å². The summed E-state index contributed by atoms with van der Waals surface area (Å²) in [5.74, 6) is 0.0975. The minimum absolute atomic E-state index is 0.0447. The number of anilines is 1. The number of benzene rings is 3. The van der Waals surface area contributed by atoms with E-state index in [2.05, 4.69) is 0 Å². The Kier molecular flexibility index (Phi) is 5.70. The number of methoxy groups -OCH3 is 1. The van der Waals surface area contributed by atoms with Gasteiger partial charge in [0.2, 0.25) is 0 Å². The molecule has 146 valence electrons. The number of hydrogen-bond donors (Lipinski definition) is 0. The molecule has 6 heteroatoms. The second-order valence-corrected chi connectivity index (χ2v) is 8.28. The van der Waals surface area contributed by atoms with Crippen molar-refractivity contribution in [3.05, 3.63) is 89.7 Å². The molecular weight excluding hydrogens is 377 g/mol. The first-order valence-corrected chi connectivity index (χ1v) is 10.3. The summed E-state index contributed by atoms with van der Waals surface area (Å²) in [5.41, 5.74) is 1.79. The molecular formula is C22H22FNO3S. The third-order valence-corrected chi connectivity index (χ3v) is 6.69. The third kappa shape index (κ3) is 3.87. The zero-order valence-electron chi connectivity index (χ0n) is 16.0. The second kappa shape index (κ2) is 8.02. The Morgan fingerprint density at radius 1 is 0.964 bits per heavy atom. The van der Waals surface area contributed by atoms with Gasteiger partial charge in [-0.3, -0.25) is 4.31 Å². The normalized spacial score (nSPS) is 12.4. The number of para-hydroxylation sites is 1. The average Bonchev–Trinajstić information content (AvgIpc) is 2.70. The van der Waals surface area contributed by atoms with Crippen LogP contribution in [0.2, 0.25) is 0 Å². The van der Waals surface area contributed by atoms with Crippen LogP contribution in [-0.2, 0) is 10.0 Å². The van der Waals surface area contributed by atoms with Gasteiger partial charge in [0.25, 0.3) is 10.0 Å². The summed E-state index contributed by atoms with van der Waals surface area (Å²) >= 11 is 0. The number of ether oxygens (including phenoxy) is 1. The molecule has 0 heterocycles. The van der Waals surface area contributed by atoms with Gasteiger partial charge in [0.1, 0.15) is 11.6 Å². The Labute approximate surface area is 165 Å². The van der Waals surface area contributed by atoms with Crippen molar-refractivity contribution in [2.75, 3.05) is 11.4 Å². The number of halogens is 1. The molecule has 3 rings (SSSR count). The lowest BCUT2D eigenvalue weighted by molar-refractivity contribution is 0.414. The SMILES string of the molecule is COc1ccc([C@@H](C)N(c2ccccc2)S(=O)(=O)c2cc(F)ccc2C)cc1. The highest BCUT2D eigenvalue weighted by atomic mass is 32.2. The number of rotatable bonds is 6. The van der Waals surface area contributed by atoms with Gasteiger partial charge >= 0.3 is 0 Å². The summed E-state index contributed by atoms with van der Waals surface area (Å²) in [6, 6.07) is 19.3. The highest BCUT2D eigenvalue weighted by Crippen LogP contribution is 2.34. The Hall–Kier alpha value is -2.86. The summed E-state index contributed by atoms with van der Waals surface area (Å²) in [5, 5.41) is 0. The van der Waals surface area contributed by atoms with Crippen molar-refractivity contribution in [2.24, 2.45) is 0 Å². The van der Waals surface area contributed by atoms with Crippen molar-refractivity contribution in [3.63, 3.8) is 0 Å². The van der Waals surface area contributed by atoms with Gasteiger partial charge in [0.15, 0.2) is 0 Å². The number of aryl methyl sites for hydroxylation is 1. The molecule has 0 aromatic heterocycles. The molecule has 0 amide bonds.